The molecule has 0 aliphatic rings. The normalized spacial score (nSPS) is 9.58. The molecular weight excluding hydrogens is 396 g/mol. The van der Waals surface area contributed by atoms with E-state index < -0.39 is 14.7 Å². The topological polar surface area (TPSA) is 3.24 Å². The Balaban J connectivity index is 0.000000200. The molecule has 129 valence electrons. The first-order chi connectivity index (χ1) is 11.5. The van der Waals surface area contributed by atoms with Crippen LogP contribution in [0.3, 0.4) is 0 Å². The van der Waals surface area contributed by atoms with E-state index in [-0.39, 0.29) is 0 Å². The molecule has 0 radical (unpaired) electrons. The fraction of sp³-hybridized carbons (Fsp3) is 0.158. The average Bonchev–Trinajstić information content (AvgIpc) is 3.03. The summed E-state index contributed by atoms with van der Waals surface area (Å²) in [6.45, 7) is 1.00. The van der Waals surface area contributed by atoms with Gasteiger partial charge in [-0.3, -0.25) is 0 Å². The van der Waals surface area contributed by atoms with Crippen LogP contribution in [0.2, 0.25) is 0 Å². The Morgan fingerprint density at radius 1 is 0.917 bits per heavy atom. The zero-order valence-electron chi connectivity index (χ0n) is 13.8. The predicted molar refractivity (Wildman–Crippen MR) is 105 cm³/mol. The van der Waals surface area contributed by atoms with Crippen LogP contribution in [-0.2, 0) is 14.7 Å². The van der Waals surface area contributed by atoms with E-state index in [0.717, 1.165) is 6.54 Å². The number of fused-ring (bicyclic) bond motifs is 1. The van der Waals surface area contributed by atoms with Gasteiger partial charge in [-0.1, -0.05) is 12.1 Å². The third-order valence-corrected chi connectivity index (χ3v) is 3.04. The largest absolute Gasteiger partial charge is 0.168 e. The van der Waals surface area contributed by atoms with Gasteiger partial charge in [-0.25, -0.2) is 0 Å². The number of nitrogens with zero attached hydrogens (tertiary/aromatic N) is 1. The predicted octanol–water partition coefficient (Wildman–Crippen LogP) is 6.43. The fourth-order valence-corrected chi connectivity index (χ4v) is 1.95. The maximum Gasteiger partial charge on any atom is -0.0809 e. The Hall–Kier alpha value is -0.536. The summed E-state index contributed by atoms with van der Waals surface area (Å²) in [7, 11) is 19.1. The van der Waals surface area contributed by atoms with Crippen molar-refractivity contribution in [1.29, 1.82) is 0 Å². The van der Waals surface area contributed by atoms with Crippen LogP contribution in [0.1, 0.15) is 5.56 Å². The molecule has 3 rings (SSSR count). The van der Waals surface area contributed by atoms with Crippen LogP contribution in [0, 0.1) is 6.42 Å². The first-order valence-electron chi connectivity index (χ1n) is 7.46. The van der Waals surface area contributed by atoms with Gasteiger partial charge in [0.15, 0.2) is 0 Å². The van der Waals surface area contributed by atoms with E-state index in [1.165, 1.54) is 16.3 Å². The van der Waals surface area contributed by atoms with Crippen LogP contribution < -0.4 is 0 Å². The molecule has 5 heteroatoms. The van der Waals surface area contributed by atoms with E-state index >= 15 is 0 Å². The standard InChI is InChI=1S/C10H14N.C9H7.3ClH.Ti/c1-11(2)9-8-10-6-4-3-5-7-10;1-2-5-9-7-3-6-8(9)4-1;;;;/h3-8H,9H2,1-2H3;1-7H;3*1H;/q2*-1;;;;+3/p-3. The second-order valence-corrected chi connectivity index (χ2v) is 13.0. The van der Waals surface area contributed by atoms with Gasteiger partial charge in [0, 0.05) is 0 Å². The molecule has 3 aromatic carbocycles. The van der Waals surface area contributed by atoms with Crippen molar-refractivity contribution in [2.75, 3.05) is 20.6 Å². The summed E-state index contributed by atoms with van der Waals surface area (Å²) < 4.78 is 0. The minimum atomic E-state index is -1.92. The Bertz CT molecular complexity index is 635. The molecule has 0 aromatic heterocycles. The van der Waals surface area contributed by atoms with Crippen LogP contribution in [0.15, 0.2) is 72.8 Å². The van der Waals surface area contributed by atoms with Crippen LogP contribution in [-0.4, -0.2) is 25.5 Å². The van der Waals surface area contributed by atoms with Gasteiger partial charge >= 0.3 is 42.6 Å². The molecular formula is C19H21Cl3NTi-2. The van der Waals surface area contributed by atoms with Crippen molar-refractivity contribution >= 4 is 38.7 Å². The van der Waals surface area contributed by atoms with Crippen LogP contribution in [0.4, 0.5) is 0 Å². The van der Waals surface area contributed by atoms with Crippen molar-refractivity contribution < 1.29 is 14.7 Å². The van der Waals surface area contributed by atoms with Gasteiger partial charge < -0.3 is 4.90 Å². The summed E-state index contributed by atoms with van der Waals surface area (Å²) in [5, 5.41) is 2.66. The van der Waals surface area contributed by atoms with Crippen LogP contribution >= 0.6 is 27.9 Å². The van der Waals surface area contributed by atoms with E-state index in [0.29, 0.717) is 0 Å². The van der Waals surface area contributed by atoms with E-state index in [4.69, 9.17) is 27.9 Å². The molecule has 0 saturated carbocycles. The third-order valence-electron chi connectivity index (χ3n) is 3.04. The van der Waals surface area contributed by atoms with Gasteiger partial charge in [-0.05, 0) is 20.6 Å². The Morgan fingerprint density at radius 2 is 1.50 bits per heavy atom. The zero-order chi connectivity index (χ0) is 17.8. The molecule has 1 nitrogen and oxygen atoms in total. The SMILES string of the molecule is CN(C)C[CH-]c1ccccc1.[Cl][Ti]([Cl])[Cl].c1ccc2[cH-]ccc2c1. The number of rotatable bonds is 3. The van der Waals surface area contributed by atoms with E-state index in [9.17, 15) is 0 Å². The number of benzene rings is 2. The number of halogens is 3. The quantitative estimate of drug-likeness (QED) is 0.351. The van der Waals surface area contributed by atoms with Gasteiger partial charge in [0.2, 0.25) is 0 Å². The molecule has 0 aliphatic heterocycles. The molecule has 0 fully saturated rings. The fourth-order valence-electron chi connectivity index (χ4n) is 1.95. The summed E-state index contributed by atoms with van der Waals surface area (Å²) in [5.41, 5.74) is 1.29. The summed E-state index contributed by atoms with van der Waals surface area (Å²) in [6, 6.07) is 25.0. The third kappa shape index (κ3) is 10.4. The smallest absolute Gasteiger partial charge is 0.0809 e. The van der Waals surface area contributed by atoms with Gasteiger partial charge in [0.1, 0.15) is 0 Å². The van der Waals surface area contributed by atoms with Crippen molar-refractivity contribution in [3.63, 3.8) is 0 Å². The van der Waals surface area contributed by atoms with Crippen LogP contribution in [0.5, 0.6) is 0 Å². The van der Waals surface area contributed by atoms with E-state index in [1.807, 2.05) is 6.07 Å². The van der Waals surface area contributed by atoms with Gasteiger partial charge in [0.25, 0.3) is 0 Å². The van der Waals surface area contributed by atoms with Gasteiger partial charge in [-0.2, -0.15) is 41.6 Å². The number of hydrogen-bond acceptors (Lipinski definition) is 1. The summed E-state index contributed by atoms with van der Waals surface area (Å²) in [5.74, 6) is 0. The van der Waals surface area contributed by atoms with Gasteiger partial charge in [0.05, 0.1) is 0 Å². The second-order valence-electron chi connectivity index (χ2n) is 5.25. The molecule has 0 spiro atoms. The molecule has 0 saturated heterocycles. The van der Waals surface area contributed by atoms with Crippen molar-refractivity contribution in [2.24, 2.45) is 0 Å². The first kappa shape index (κ1) is 21.5. The van der Waals surface area contributed by atoms with Crippen molar-refractivity contribution in [1.82, 2.24) is 4.90 Å². The molecule has 0 bridgehead atoms. The molecule has 0 unspecified atom stereocenters. The summed E-state index contributed by atoms with van der Waals surface area (Å²) >= 11 is -1.92. The Kier molecular flexibility index (Phi) is 11.4. The maximum atomic E-state index is 4.97. The average molecular weight is 418 g/mol. The number of likely N-dealkylation sites (N-methyl/N-ethyl adjacent to an activating group) is 1. The summed E-state index contributed by atoms with van der Waals surface area (Å²) in [4.78, 5) is 2.15. The molecule has 0 N–H and O–H groups in total. The zero-order valence-corrected chi connectivity index (χ0v) is 17.6. The molecule has 0 atom stereocenters. The van der Waals surface area contributed by atoms with Crippen LogP contribution in [0.25, 0.3) is 10.8 Å². The Labute approximate surface area is 163 Å². The van der Waals surface area contributed by atoms with Crippen molar-refractivity contribution in [3.8, 4) is 0 Å². The molecule has 0 amide bonds. The molecule has 0 aliphatic carbocycles. The monoisotopic (exact) mass is 416 g/mol. The summed E-state index contributed by atoms with van der Waals surface area (Å²) in [6.07, 6.45) is 2.21. The Morgan fingerprint density at radius 3 is 2.08 bits per heavy atom. The molecule has 3 aromatic rings. The minimum Gasteiger partial charge on any atom is -0.168 e. The minimum absolute atomic E-state index is 1.00. The second kappa shape index (κ2) is 12.8. The molecule has 24 heavy (non-hydrogen) atoms. The molecule has 0 heterocycles. The van der Waals surface area contributed by atoms with Crippen molar-refractivity contribution in [2.45, 2.75) is 0 Å². The van der Waals surface area contributed by atoms with Gasteiger partial charge in [-0.15, -0.1) is 41.8 Å². The van der Waals surface area contributed by atoms with Crippen molar-refractivity contribution in [3.05, 3.63) is 84.8 Å². The van der Waals surface area contributed by atoms with E-state index in [1.54, 1.807) is 0 Å². The van der Waals surface area contributed by atoms with E-state index in [2.05, 4.69) is 92.1 Å². The first-order valence-corrected chi connectivity index (χ1v) is 13.9. The number of hydrogen-bond donors (Lipinski definition) is 0. The maximum absolute atomic E-state index is 4.97.